The molecule has 0 bridgehead atoms. The highest BCUT2D eigenvalue weighted by molar-refractivity contribution is 5.73. The van der Waals surface area contributed by atoms with Crippen LogP contribution in [0.3, 0.4) is 0 Å². The molecule has 3 aromatic carbocycles. The van der Waals surface area contributed by atoms with Crippen molar-refractivity contribution < 1.29 is 9.47 Å². The first-order valence-corrected chi connectivity index (χ1v) is 7.88. The molecule has 2 heteroatoms. The fraction of sp³-hybridized carbons (Fsp3) is 0.0909. The van der Waals surface area contributed by atoms with E-state index in [0.29, 0.717) is 6.61 Å². The molecule has 24 heavy (non-hydrogen) atoms. The van der Waals surface area contributed by atoms with Gasteiger partial charge in [-0.15, -0.1) is 0 Å². The second-order valence-electron chi connectivity index (χ2n) is 5.46. The fourth-order valence-electron chi connectivity index (χ4n) is 2.55. The summed E-state index contributed by atoms with van der Waals surface area (Å²) in [6, 6.07) is 24.2. The molecule has 0 radical (unpaired) electrons. The van der Waals surface area contributed by atoms with E-state index in [1.807, 2.05) is 60.7 Å². The van der Waals surface area contributed by atoms with Gasteiger partial charge >= 0.3 is 0 Å². The quantitative estimate of drug-likeness (QED) is 0.590. The smallest absolute Gasteiger partial charge is 0.126 e. The maximum Gasteiger partial charge on any atom is 0.126 e. The van der Waals surface area contributed by atoms with E-state index < -0.39 is 0 Å². The SMILES string of the molecule is C=Cc1ccc(OC)c(-c2ccc(OCc3ccccc3)cc2)c1. The van der Waals surface area contributed by atoms with Crippen LogP contribution in [0, 0.1) is 0 Å². The van der Waals surface area contributed by atoms with E-state index in [1.54, 1.807) is 7.11 Å². The number of hydrogen-bond acceptors (Lipinski definition) is 2. The van der Waals surface area contributed by atoms with Crippen LogP contribution in [0.1, 0.15) is 11.1 Å². The van der Waals surface area contributed by atoms with Crippen molar-refractivity contribution in [2.75, 3.05) is 7.11 Å². The van der Waals surface area contributed by atoms with Gasteiger partial charge in [-0.25, -0.2) is 0 Å². The second-order valence-corrected chi connectivity index (χ2v) is 5.46. The average Bonchev–Trinajstić information content (AvgIpc) is 2.67. The number of hydrogen-bond donors (Lipinski definition) is 0. The van der Waals surface area contributed by atoms with Crippen molar-refractivity contribution in [3.05, 3.63) is 90.5 Å². The van der Waals surface area contributed by atoms with E-state index in [4.69, 9.17) is 9.47 Å². The van der Waals surface area contributed by atoms with Gasteiger partial charge in [-0.05, 0) is 41.0 Å². The lowest BCUT2D eigenvalue weighted by molar-refractivity contribution is 0.306. The summed E-state index contributed by atoms with van der Waals surface area (Å²) >= 11 is 0. The minimum absolute atomic E-state index is 0.565. The van der Waals surface area contributed by atoms with Crippen LogP contribution in [0.5, 0.6) is 11.5 Å². The summed E-state index contributed by atoms with van der Waals surface area (Å²) < 4.78 is 11.3. The van der Waals surface area contributed by atoms with Gasteiger partial charge in [0, 0.05) is 5.56 Å². The van der Waals surface area contributed by atoms with E-state index in [1.165, 1.54) is 0 Å². The predicted octanol–water partition coefficient (Wildman–Crippen LogP) is 5.58. The lowest BCUT2D eigenvalue weighted by Gasteiger charge is -2.11. The number of benzene rings is 3. The molecule has 3 aromatic rings. The molecule has 0 aliphatic carbocycles. The zero-order chi connectivity index (χ0) is 16.8. The van der Waals surface area contributed by atoms with Crippen molar-refractivity contribution >= 4 is 6.08 Å². The van der Waals surface area contributed by atoms with Gasteiger partial charge in [0.2, 0.25) is 0 Å². The molecule has 0 atom stereocenters. The van der Waals surface area contributed by atoms with Crippen molar-refractivity contribution in [3.8, 4) is 22.6 Å². The average molecular weight is 316 g/mol. The number of ether oxygens (including phenoxy) is 2. The van der Waals surface area contributed by atoms with Gasteiger partial charge in [-0.1, -0.05) is 61.2 Å². The molecule has 0 fully saturated rings. The highest BCUT2D eigenvalue weighted by Gasteiger charge is 2.07. The number of methoxy groups -OCH3 is 1. The van der Waals surface area contributed by atoms with Gasteiger partial charge in [-0.3, -0.25) is 0 Å². The van der Waals surface area contributed by atoms with Crippen molar-refractivity contribution in [1.29, 1.82) is 0 Å². The summed E-state index contributed by atoms with van der Waals surface area (Å²) in [6.07, 6.45) is 1.83. The zero-order valence-corrected chi connectivity index (χ0v) is 13.7. The van der Waals surface area contributed by atoms with Gasteiger partial charge < -0.3 is 9.47 Å². The lowest BCUT2D eigenvalue weighted by Crippen LogP contribution is -1.95. The molecular weight excluding hydrogens is 296 g/mol. The third-order valence-electron chi connectivity index (χ3n) is 3.87. The van der Waals surface area contributed by atoms with E-state index in [2.05, 4.69) is 24.8 Å². The topological polar surface area (TPSA) is 18.5 Å². The van der Waals surface area contributed by atoms with Gasteiger partial charge in [0.05, 0.1) is 7.11 Å². The van der Waals surface area contributed by atoms with Crippen LogP contribution in [0.2, 0.25) is 0 Å². The van der Waals surface area contributed by atoms with Crippen molar-refractivity contribution in [2.24, 2.45) is 0 Å². The van der Waals surface area contributed by atoms with Crippen LogP contribution < -0.4 is 9.47 Å². The Kier molecular flexibility index (Phi) is 4.97. The first kappa shape index (κ1) is 15.9. The Morgan fingerprint density at radius 3 is 2.33 bits per heavy atom. The van der Waals surface area contributed by atoms with E-state index >= 15 is 0 Å². The van der Waals surface area contributed by atoms with Crippen LogP contribution in [-0.4, -0.2) is 7.11 Å². The van der Waals surface area contributed by atoms with E-state index in [9.17, 15) is 0 Å². The zero-order valence-electron chi connectivity index (χ0n) is 13.7. The minimum atomic E-state index is 0.565. The molecule has 3 rings (SSSR count). The van der Waals surface area contributed by atoms with E-state index in [-0.39, 0.29) is 0 Å². The molecular formula is C22H20O2. The summed E-state index contributed by atoms with van der Waals surface area (Å²) in [5.41, 5.74) is 4.35. The van der Waals surface area contributed by atoms with Crippen molar-refractivity contribution in [1.82, 2.24) is 0 Å². The normalized spacial score (nSPS) is 10.2. The molecule has 120 valence electrons. The molecule has 0 saturated carbocycles. The van der Waals surface area contributed by atoms with Crippen LogP contribution in [-0.2, 0) is 6.61 Å². The summed E-state index contributed by atoms with van der Waals surface area (Å²) in [4.78, 5) is 0. The molecule has 0 saturated heterocycles. The summed E-state index contributed by atoms with van der Waals surface area (Å²) in [6.45, 7) is 4.39. The predicted molar refractivity (Wildman–Crippen MR) is 99.3 cm³/mol. The molecule has 0 aliphatic rings. The third kappa shape index (κ3) is 3.66. The lowest BCUT2D eigenvalue weighted by atomic mass is 10.0. The number of rotatable bonds is 6. The Labute approximate surface area is 143 Å². The van der Waals surface area contributed by atoms with Crippen LogP contribution >= 0.6 is 0 Å². The summed E-state index contributed by atoms with van der Waals surface area (Å²) in [5.74, 6) is 1.69. The first-order valence-electron chi connectivity index (χ1n) is 7.88. The van der Waals surface area contributed by atoms with Gasteiger partial charge in [0.1, 0.15) is 18.1 Å². The highest BCUT2D eigenvalue weighted by Crippen LogP contribution is 2.32. The van der Waals surface area contributed by atoms with Gasteiger partial charge in [-0.2, -0.15) is 0 Å². The van der Waals surface area contributed by atoms with Crippen LogP contribution in [0.4, 0.5) is 0 Å². The standard InChI is InChI=1S/C22H20O2/c1-3-17-9-14-22(23-2)21(15-17)19-10-12-20(13-11-19)24-16-18-7-5-4-6-8-18/h3-15H,1,16H2,2H3. The minimum Gasteiger partial charge on any atom is -0.496 e. The summed E-state index contributed by atoms with van der Waals surface area (Å²) in [7, 11) is 1.68. The Balaban J connectivity index is 1.78. The molecule has 0 heterocycles. The van der Waals surface area contributed by atoms with Crippen molar-refractivity contribution in [3.63, 3.8) is 0 Å². The van der Waals surface area contributed by atoms with Crippen molar-refractivity contribution in [2.45, 2.75) is 6.61 Å². The van der Waals surface area contributed by atoms with Crippen LogP contribution in [0.15, 0.2) is 79.4 Å². The Morgan fingerprint density at radius 2 is 1.67 bits per heavy atom. The van der Waals surface area contributed by atoms with Gasteiger partial charge in [0.25, 0.3) is 0 Å². The monoisotopic (exact) mass is 316 g/mol. The highest BCUT2D eigenvalue weighted by atomic mass is 16.5. The van der Waals surface area contributed by atoms with Crippen LogP contribution in [0.25, 0.3) is 17.2 Å². The molecule has 0 spiro atoms. The molecule has 0 unspecified atom stereocenters. The maximum absolute atomic E-state index is 5.84. The Bertz CT molecular complexity index is 805. The summed E-state index contributed by atoms with van der Waals surface area (Å²) in [5, 5.41) is 0. The Morgan fingerprint density at radius 1 is 0.917 bits per heavy atom. The molecule has 0 aliphatic heterocycles. The third-order valence-corrected chi connectivity index (χ3v) is 3.87. The largest absolute Gasteiger partial charge is 0.496 e. The molecule has 0 N–H and O–H groups in total. The maximum atomic E-state index is 5.84. The molecule has 2 nitrogen and oxygen atoms in total. The second kappa shape index (κ2) is 7.51. The first-order chi connectivity index (χ1) is 11.8. The molecule has 0 aromatic heterocycles. The fourth-order valence-corrected chi connectivity index (χ4v) is 2.55. The van der Waals surface area contributed by atoms with Gasteiger partial charge in [0.15, 0.2) is 0 Å². The van der Waals surface area contributed by atoms with E-state index in [0.717, 1.165) is 33.8 Å². The Hall–Kier alpha value is -3.00. The molecule has 0 amide bonds.